The Labute approximate surface area is 200 Å². The Morgan fingerprint density at radius 1 is 1.12 bits per heavy atom. The number of carbonyl (C=O) groups excluding carboxylic acids is 3. The van der Waals surface area contributed by atoms with Crippen LogP contribution >= 0.6 is 0 Å². The van der Waals surface area contributed by atoms with Crippen LogP contribution in [0.15, 0.2) is 24.3 Å². The smallest absolute Gasteiger partial charge is 0.247 e. The van der Waals surface area contributed by atoms with Gasteiger partial charge in [0.15, 0.2) is 17.3 Å². The fourth-order valence-electron chi connectivity index (χ4n) is 6.97. The molecule has 3 heterocycles. The number of unbranched alkanes of at least 4 members (excludes halogenated alkanes) is 1. The van der Waals surface area contributed by atoms with Gasteiger partial charge in [-0.25, -0.2) is 0 Å². The maximum atomic E-state index is 14.3. The summed E-state index contributed by atoms with van der Waals surface area (Å²) in [6.07, 6.45) is 11.3. The zero-order chi connectivity index (χ0) is 23.4. The molecule has 1 spiro atoms. The van der Waals surface area contributed by atoms with E-state index < -0.39 is 11.5 Å². The molecule has 0 radical (unpaired) electrons. The monoisotopic (exact) mass is 464 g/mol. The molecule has 7 heteroatoms. The highest BCUT2D eigenvalue weighted by molar-refractivity contribution is 5.99. The minimum absolute atomic E-state index is 0.00409. The fraction of sp³-hybridized carbons (Fsp3) is 0.593. The Kier molecular flexibility index (Phi) is 5.19. The number of ether oxygens (including phenoxy) is 2. The number of hydrogen-bond donors (Lipinski definition) is 0. The Morgan fingerprint density at radius 2 is 1.88 bits per heavy atom. The standard InChI is InChI=1S/C27H32N2O5/c1-2-3-9-24(31)28-15-17-12-21-22(34-16-33-21)14-20(17)27-11-10-19(30)13-23(27)29(26(32)25(27)28)18-7-5-4-6-8-18/h10-12,14,18,23,25H,2-9,13,15-16H2,1H3/t23-,25+,27-/m0/s1. The predicted molar refractivity (Wildman–Crippen MR) is 124 cm³/mol. The SMILES string of the molecule is CCCCC(=O)N1Cc2cc3c(cc2[C@@]24C=CC(=O)C[C@@H]2N(C2CCCCC2)C(=O)[C@@H]14)OCO3. The molecule has 3 atom stereocenters. The van der Waals surface area contributed by atoms with E-state index in [1.54, 1.807) is 11.0 Å². The third-order valence-corrected chi connectivity index (χ3v) is 8.52. The fourth-order valence-corrected chi connectivity index (χ4v) is 6.97. The number of likely N-dealkylation sites (tertiary alicyclic amines) is 1. The van der Waals surface area contributed by atoms with Crippen LogP contribution in [-0.2, 0) is 26.3 Å². The van der Waals surface area contributed by atoms with Crippen molar-refractivity contribution in [2.45, 2.75) is 94.8 Å². The van der Waals surface area contributed by atoms with Crippen LogP contribution in [0.1, 0.15) is 75.8 Å². The summed E-state index contributed by atoms with van der Waals surface area (Å²) >= 11 is 0. The van der Waals surface area contributed by atoms with E-state index in [1.807, 2.05) is 23.1 Å². The number of amides is 2. The van der Waals surface area contributed by atoms with Crippen LogP contribution in [0.4, 0.5) is 0 Å². The highest BCUT2D eigenvalue weighted by atomic mass is 16.7. The molecule has 6 rings (SSSR count). The highest BCUT2D eigenvalue weighted by Crippen LogP contribution is 2.55. The zero-order valence-electron chi connectivity index (χ0n) is 19.8. The molecule has 2 amide bonds. The van der Waals surface area contributed by atoms with E-state index in [4.69, 9.17) is 9.47 Å². The number of nitrogens with zero attached hydrogens (tertiary/aromatic N) is 2. The van der Waals surface area contributed by atoms with E-state index in [-0.39, 0.29) is 36.5 Å². The lowest BCUT2D eigenvalue weighted by Gasteiger charge is -2.48. The number of rotatable bonds is 4. The first-order valence-electron chi connectivity index (χ1n) is 12.8. The maximum Gasteiger partial charge on any atom is 0.247 e. The summed E-state index contributed by atoms with van der Waals surface area (Å²) in [5.41, 5.74) is 1.23. The molecule has 7 nitrogen and oxygen atoms in total. The topological polar surface area (TPSA) is 76.2 Å². The van der Waals surface area contributed by atoms with Gasteiger partial charge in [0.2, 0.25) is 18.6 Å². The average Bonchev–Trinajstić information content (AvgIpc) is 3.41. The molecule has 2 fully saturated rings. The minimum atomic E-state index is -0.751. The molecule has 180 valence electrons. The number of fused-ring (bicyclic) bond motifs is 2. The number of benzene rings is 1. The molecule has 2 aliphatic carbocycles. The van der Waals surface area contributed by atoms with Crippen molar-refractivity contribution in [3.63, 3.8) is 0 Å². The molecule has 0 unspecified atom stereocenters. The lowest BCUT2D eigenvalue weighted by Crippen LogP contribution is -2.59. The van der Waals surface area contributed by atoms with E-state index >= 15 is 0 Å². The van der Waals surface area contributed by atoms with E-state index in [9.17, 15) is 14.4 Å². The van der Waals surface area contributed by atoms with Gasteiger partial charge in [-0.1, -0.05) is 38.7 Å². The van der Waals surface area contributed by atoms with Crippen LogP contribution < -0.4 is 9.47 Å². The second kappa shape index (κ2) is 8.14. The first kappa shape index (κ1) is 21.7. The van der Waals surface area contributed by atoms with Crippen molar-refractivity contribution in [2.24, 2.45) is 0 Å². The molecular weight excluding hydrogens is 432 g/mol. The average molecular weight is 465 g/mol. The summed E-state index contributed by atoms with van der Waals surface area (Å²) in [7, 11) is 0. The summed E-state index contributed by atoms with van der Waals surface area (Å²) in [5.74, 6) is 1.41. The Bertz CT molecular complexity index is 1080. The van der Waals surface area contributed by atoms with Gasteiger partial charge in [0.25, 0.3) is 0 Å². The second-order valence-corrected chi connectivity index (χ2v) is 10.4. The van der Waals surface area contributed by atoms with Crippen molar-refractivity contribution >= 4 is 17.6 Å². The Morgan fingerprint density at radius 3 is 2.65 bits per heavy atom. The van der Waals surface area contributed by atoms with E-state index in [0.717, 1.165) is 49.7 Å². The van der Waals surface area contributed by atoms with Crippen molar-refractivity contribution in [3.8, 4) is 11.5 Å². The van der Waals surface area contributed by atoms with Gasteiger partial charge in [0, 0.05) is 25.4 Å². The molecular formula is C27H32N2O5. The van der Waals surface area contributed by atoms with Gasteiger partial charge in [-0.15, -0.1) is 0 Å². The van der Waals surface area contributed by atoms with Crippen LogP contribution in [0.3, 0.4) is 0 Å². The molecule has 0 bridgehead atoms. The lowest BCUT2D eigenvalue weighted by molar-refractivity contribution is -0.145. The van der Waals surface area contributed by atoms with Crippen molar-refractivity contribution in [1.29, 1.82) is 0 Å². The maximum absolute atomic E-state index is 14.3. The highest BCUT2D eigenvalue weighted by Gasteiger charge is 2.66. The van der Waals surface area contributed by atoms with Gasteiger partial charge in [-0.05, 0) is 48.6 Å². The number of hydrogen-bond acceptors (Lipinski definition) is 5. The molecule has 0 aromatic heterocycles. The molecule has 5 aliphatic rings. The first-order valence-corrected chi connectivity index (χ1v) is 12.8. The number of allylic oxidation sites excluding steroid dienone is 1. The molecule has 0 N–H and O–H groups in total. The lowest BCUT2D eigenvalue weighted by atomic mass is 9.63. The molecule has 1 saturated carbocycles. The van der Waals surface area contributed by atoms with Gasteiger partial charge in [0.05, 0.1) is 11.5 Å². The molecule has 3 aliphatic heterocycles. The van der Waals surface area contributed by atoms with Gasteiger partial charge in [0.1, 0.15) is 6.04 Å². The van der Waals surface area contributed by atoms with E-state index in [1.165, 1.54) is 6.42 Å². The summed E-state index contributed by atoms with van der Waals surface area (Å²) in [4.78, 5) is 44.3. The second-order valence-electron chi connectivity index (χ2n) is 10.4. The quantitative estimate of drug-likeness (QED) is 0.680. The van der Waals surface area contributed by atoms with Gasteiger partial charge < -0.3 is 19.3 Å². The van der Waals surface area contributed by atoms with Gasteiger partial charge in [-0.3, -0.25) is 14.4 Å². The van der Waals surface area contributed by atoms with Crippen LogP contribution in [-0.4, -0.2) is 52.3 Å². The molecule has 1 saturated heterocycles. The molecule has 34 heavy (non-hydrogen) atoms. The Hall–Kier alpha value is -2.83. The minimum Gasteiger partial charge on any atom is -0.454 e. The normalized spacial score (nSPS) is 29.8. The zero-order valence-corrected chi connectivity index (χ0v) is 19.8. The molecule has 1 aromatic carbocycles. The third kappa shape index (κ3) is 3.05. The van der Waals surface area contributed by atoms with Crippen molar-refractivity contribution < 1.29 is 23.9 Å². The van der Waals surface area contributed by atoms with Crippen molar-refractivity contribution in [2.75, 3.05) is 6.79 Å². The summed E-state index contributed by atoms with van der Waals surface area (Å²) in [6.45, 7) is 2.61. The third-order valence-electron chi connectivity index (χ3n) is 8.52. The summed E-state index contributed by atoms with van der Waals surface area (Å²) < 4.78 is 11.4. The van der Waals surface area contributed by atoms with E-state index in [2.05, 4.69) is 6.92 Å². The van der Waals surface area contributed by atoms with Crippen LogP contribution in [0.2, 0.25) is 0 Å². The van der Waals surface area contributed by atoms with Crippen molar-refractivity contribution in [1.82, 2.24) is 9.80 Å². The number of ketones is 1. The Balaban J connectivity index is 1.54. The van der Waals surface area contributed by atoms with Gasteiger partial charge >= 0.3 is 0 Å². The predicted octanol–water partition coefficient (Wildman–Crippen LogP) is 3.63. The number of carbonyl (C=O) groups is 3. The largest absolute Gasteiger partial charge is 0.454 e. The first-order chi connectivity index (χ1) is 16.5. The summed E-state index contributed by atoms with van der Waals surface area (Å²) in [5, 5.41) is 0. The van der Waals surface area contributed by atoms with Crippen LogP contribution in [0, 0.1) is 0 Å². The van der Waals surface area contributed by atoms with Crippen LogP contribution in [0.5, 0.6) is 11.5 Å². The van der Waals surface area contributed by atoms with Gasteiger partial charge in [-0.2, -0.15) is 0 Å². The van der Waals surface area contributed by atoms with Crippen molar-refractivity contribution in [3.05, 3.63) is 35.4 Å². The summed E-state index contributed by atoms with van der Waals surface area (Å²) in [6, 6.07) is 3.19. The van der Waals surface area contributed by atoms with Crippen LogP contribution in [0.25, 0.3) is 0 Å². The van der Waals surface area contributed by atoms with E-state index in [0.29, 0.717) is 30.9 Å². The molecule has 1 aromatic rings.